The summed E-state index contributed by atoms with van der Waals surface area (Å²) in [7, 11) is 0. The molecule has 11 aromatic rings. The maximum atomic E-state index is 3.44. The van der Waals surface area contributed by atoms with E-state index in [0.717, 1.165) is 49.0 Å². The molecular formula is C75H54N2. The van der Waals surface area contributed by atoms with E-state index < -0.39 is 0 Å². The Bertz CT molecular complexity index is 4190. The highest BCUT2D eigenvalue weighted by atomic mass is 15.1. The predicted molar refractivity (Wildman–Crippen MR) is 326 cm³/mol. The minimum atomic E-state index is 0.776. The number of para-hydroxylation sites is 2. The molecule has 0 fully saturated rings. The highest BCUT2D eigenvalue weighted by Crippen LogP contribution is 2.46. The van der Waals surface area contributed by atoms with E-state index in [1.165, 1.54) is 117 Å². The highest BCUT2D eigenvalue weighted by molar-refractivity contribution is 6.17. The van der Waals surface area contributed by atoms with E-state index in [9.17, 15) is 0 Å². The lowest BCUT2D eigenvalue weighted by Crippen LogP contribution is -2.18. The highest BCUT2D eigenvalue weighted by Gasteiger charge is 2.25. The van der Waals surface area contributed by atoms with E-state index in [1.54, 1.807) is 0 Å². The topological polar surface area (TPSA) is 8.17 Å². The van der Waals surface area contributed by atoms with Gasteiger partial charge in [0.1, 0.15) is 0 Å². The monoisotopic (exact) mass is 982 g/mol. The molecule has 14 rings (SSSR count). The van der Waals surface area contributed by atoms with Crippen LogP contribution in [0.2, 0.25) is 0 Å². The molecule has 0 atom stereocenters. The van der Waals surface area contributed by atoms with Crippen LogP contribution in [0.5, 0.6) is 0 Å². The molecule has 0 saturated carbocycles. The summed E-state index contributed by atoms with van der Waals surface area (Å²) in [5.74, 6) is 6.76. The number of hydrogen-bond donors (Lipinski definition) is 0. The van der Waals surface area contributed by atoms with E-state index >= 15 is 0 Å². The third-order valence-electron chi connectivity index (χ3n) is 15.8. The second-order valence-corrected chi connectivity index (χ2v) is 20.4. The fourth-order valence-electron chi connectivity index (χ4n) is 12.1. The summed E-state index contributed by atoms with van der Waals surface area (Å²) in [5, 5.41) is 2.58. The molecule has 77 heavy (non-hydrogen) atoms. The Hall–Kier alpha value is -9.68. The molecule has 3 aliphatic rings. The maximum Gasteiger partial charge on any atom is 0.0553 e. The number of allylic oxidation sites excluding steroid dienone is 6. The number of hydrogen-bond acceptors (Lipinski definition) is 1. The average Bonchev–Trinajstić information content (AvgIpc) is 3.73. The van der Waals surface area contributed by atoms with Crippen molar-refractivity contribution >= 4 is 50.9 Å². The quantitative estimate of drug-likeness (QED) is 0.124. The number of fused-ring (bicyclic) bond motifs is 5. The molecule has 3 aliphatic carbocycles. The molecule has 0 amide bonds. The van der Waals surface area contributed by atoms with Crippen molar-refractivity contribution in [2.75, 3.05) is 4.90 Å². The third-order valence-corrected chi connectivity index (χ3v) is 15.8. The van der Waals surface area contributed by atoms with Crippen LogP contribution in [-0.4, -0.2) is 4.57 Å². The number of aromatic nitrogens is 1. The van der Waals surface area contributed by atoms with Crippen molar-refractivity contribution in [2.45, 2.75) is 32.1 Å². The Morgan fingerprint density at radius 1 is 0.416 bits per heavy atom. The van der Waals surface area contributed by atoms with Gasteiger partial charge in [-0.15, -0.1) is 0 Å². The lowest BCUT2D eigenvalue weighted by Gasteiger charge is -2.31. The van der Waals surface area contributed by atoms with Gasteiger partial charge >= 0.3 is 0 Å². The van der Waals surface area contributed by atoms with E-state index in [4.69, 9.17) is 0 Å². The van der Waals surface area contributed by atoms with Crippen LogP contribution in [0.1, 0.15) is 53.5 Å². The van der Waals surface area contributed by atoms with E-state index in [0.29, 0.717) is 0 Å². The number of rotatable bonds is 10. The number of anilines is 2. The molecule has 2 nitrogen and oxygen atoms in total. The van der Waals surface area contributed by atoms with Gasteiger partial charge in [-0.05, 0) is 182 Å². The number of benzene rings is 10. The summed E-state index contributed by atoms with van der Waals surface area (Å²) in [6, 6.07) is 84.9. The van der Waals surface area contributed by atoms with Crippen LogP contribution in [0.25, 0.3) is 101 Å². The maximum absolute atomic E-state index is 3.44. The predicted octanol–water partition coefficient (Wildman–Crippen LogP) is 19.7. The van der Waals surface area contributed by atoms with Crippen LogP contribution < -0.4 is 4.90 Å². The van der Waals surface area contributed by atoms with Crippen molar-refractivity contribution in [1.29, 1.82) is 0 Å². The molecule has 10 aromatic carbocycles. The lowest BCUT2D eigenvalue weighted by atomic mass is 9.86. The summed E-state index contributed by atoms with van der Waals surface area (Å²) >= 11 is 0. The molecule has 0 unspecified atom stereocenters. The zero-order chi connectivity index (χ0) is 51.1. The van der Waals surface area contributed by atoms with Gasteiger partial charge in [0, 0.05) is 45.5 Å². The molecular weight excluding hydrogens is 929 g/mol. The summed E-state index contributed by atoms with van der Waals surface area (Å²) in [5.41, 5.74) is 26.9. The van der Waals surface area contributed by atoms with Crippen molar-refractivity contribution in [3.8, 4) is 73.2 Å². The fraction of sp³-hybridized carbons (Fsp3) is 0.0667. The van der Waals surface area contributed by atoms with Gasteiger partial charge in [-0.1, -0.05) is 206 Å². The van der Waals surface area contributed by atoms with Crippen LogP contribution in [0.3, 0.4) is 0 Å². The van der Waals surface area contributed by atoms with Crippen molar-refractivity contribution in [2.24, 2.45) is 0 Å². The van der Waals surface area contributed by atoms with Gasteiger partial charge in [0.25, 0.3) is 0 Å². The van der Waals surface area contributed by atoms with Gasteiger partial charge < -0.3 is 9.47 Å². The molecule has 0 bridgehead atoms. The Morgan fingerprint density at radius 3 is 1.79 bits per heavy atom. The Morgan fingerprint density at radius 2 is 1.05 bits per heavy atom. The van der Waals surface area contributed by atoms with Crippen LogP contribution in [-0.2, 0) is 6.42 Å². The van der Waals surface area contributed by atoms with Crippen LogP contribution in [0, 0.1) is 11.8 Å². The van der Waals surface area contributed by atoms with Crippen LogP contribution >= 0.6 is 0 Å². The first-order valence-corrected chi connectivity index (χ1v) is 27.1. The smallest absolute Gasteiger partial charge is 0.0553 e. The van der Waals surface area contributed by atoms with Crippen molar-refractivity contribution in [3.05, 3.63) is 288 Å². The molecule has 0 aliphatic heterocycles. The van der Waals surface area contributed by atoms with Crippen molar-refractivity contribution < 1.29 is 0 Å². The zero-order valence-electron chi connectivity index (χ0n) is 42.8. The van der Waals surface area contributed by atoms with Gasteiger partial charge in [0.05, 0.1) is 11.0 Å². The first-order chi connectivity index (χ1) is 38.2. The van der Waals surface area contributed by atoms with Crippen molar-refractivity contribution in [1.82, 2.24) is 4.57 Å². The van der Waals surface area contributed by atoms with E-state index in [1.807, 2.05) is 0 Å². The average molecular weight is 983 g/mol. The molecule has 0 N–H and O–H groups in total. The first kappa shape index (κ1) is 45.9. The second-order valence-electron chi connectivity index (χ2n) is 20.4. The Kier molecular flexibility index (Phi) is 11.8. The minimum Gasteiger partial charge on any atom is -0.314 e. The van der Waals surface area contributed by atoms with Gasteiger partial charge in [0.15, 0.2) is 0 Å². The second kappa shape index (κ2) is 19.9. The van der Waals surface area contributed by atoms with Crippen LogP contribution in [0.15, 0.2) is 261 Å². The van der Waals surface area contributed by atoms with Crippen molar-refractivity contribution in [3.63, 3.8) is 0 Å². The van der Waals surface area contributed by atoms with Crippen LogP contribution in [0.4, 0.5) is 11.4 Å². The summed E-state index contributed by atoms with van der Waals surface area (Å²) in [6.45, 7) is 0. The van der Waals surface area contributed by atoms with E-state index in [2.05, 4.69) is 288 Å². The largest absolute Gasteiger partial charge is 0.314 e. The summed E-state index contributed by atoms with van der Waals surface area (Å²) in [4.78, 5) is 2.51. The number of nitrogens with zero attached hydrogens (tertiary/aromatic N) is 2. The van der Waals surface area contributed by atoms with Gasteiger partial charge in [-0.25, -0.2) is 0 Å². The minimum absolute atomic E-state index is 0.776. The normalized spacial score (nSPS) is 13.5. The van der Waals surface area contributed by atoms with Gasteiger partial charge in [-0.3, -0.25) is 0 Å². The Labute approximate surface area is 451 Å². The lowest BCUT2D eigenvalue weighted by molar-refractivity contribution is 0.930. The summed E-state index contributed by atoms with van der Waals surface area (Å²) in [6.07, 6.45) is 18.3. The zero-order valence-corrected chi connectivity index (χ0v) is 42.8. The molecule has 0 radical (unpaired) electrons. The summed E-state index contributed by atoms with van der Waals surface area (Å²) < 4.78 is 2.46. The molecule has 2 heteroatoms. The fourth-order valence-corrected chi connectivity index (χ4v) is 12.1. The van der Waals surface area contributed by atoms with Gasteiger partial charge in [0.2, 0.25) is 0 Å². The first-order valence-electron chi connectivity index (χ1n) is 27.1. The molecule has 1 heterocycles. The third kappa shape index (κ3) is 8.63. The molecule has 364 valence electrons. The van der Waals surface area contributed by atoms with E-state index in [-0.39, 0.29) is 0 Å². The molecule has 0 spiro atoms. The molecule has 0 saturated heterocycles. The van der Waals surface area contributed by atoms with Gasteiger partial charge in [-0.2, -0.15) is 0 Å². The standard InChI is InChI=1S/C75H54N2/c1-5-19-52(20-6-1)61-47-62(53-21-7-2-8-22-53)49-63(48-61)56-41-45-66(46-42-56)76(65-43-39-55(40-44-65)54-35-37-58(38-36-54)69-33-18-25-57-23-9-3-12-30-68(57)69)67-29-17-26-60(50-67)74-70-31-14-13-24-59(70)51-73-75(74)71-32-15-16-34-72(71)77(73)64-27-10-4-11-28-64/h1-2,4-11,13,15-29,32-41,43-45,47-51H,3,14,31,42,46H2. The SMILES string of the molecule is C1#Cc2c(cccc2-c2ccc(-c3ccc(N(C4=CC=C(c5cc(-c6ccccc6)cc(-c6ccccc6)c5)CC4)c4cccc(-c5c6c(cc7c5c5ccccc5n7-c5ccccc5)C=CCC6)c4)cc3)cc2)C=CC1. The molecule has 1 aromatic heterocycles. The Balaban J connectivity index is 0.894.